The van der Waals surface area contributed by atoms with E-state index in [-0.39, 0.29) is 12.0 Å². The summed E-state index contributed by atoms with van der Waals surface area (Å²) in [7, 11) is 0. The Morgan fingerprint density at radius 3 is 2.38 bits per heavy atom. The Morgan fingerprint density at radius 2 is 1.75 bits per heavy atom. The van der Waals surface area contributed by atoms with E-state index in [4.69, 9.17) is 5.73 Å². The molecule has 2 N–H and O–H groups in total. The fraction of sp³-hybridized carbons (Fsp3) is 0.923. The van der Waals surface area contributed by atoms with E-state index < -0.39 is 0 Å². The van der Waals surface area contributed by atoms with Gasteiger partial charge >= 0.3 is 0 Å². The zero-order valence-corrected chi connectivity index (χ0v) is 10.3. The largest absolute Gasteiger partial charge is 0.342 e. The molecule has 3 heteroatoms. The topological polar surface area (TPSA) is 46.3 Å². The zero-order chi connectivity index (χ0) is 11.5. The second-order valence-electron chi connectivity index (χ2n) is 5.56. The van der Waals surface area contributed by atoms with Gasteiger partial charge in [-0.15, -0.1) is 0 Å². The van der Waals surface area contributed by atoms with Gasteiger partial charge in [-0.3, -0.25) is 4.79 Å². The van der Waals surface area contributed by atoms with Crippen LogP contribution in [-0.4, -0.2) is 29.9 Å². The lowest BCUT2D eigenvalue weighted by Crippen LogP contribution is -2.48. The van der Waals surface area contributed by atoms with Crippen molar-refractivity contribution in [2.45, 2.75) is 51.5 Å². The molecule has 2 rings (SSSR count). The Balaban J connectivity index is 1.90. The van der Waals surface area contributed by atoms with Crippen LogP contribution in [0.1, 0.15) is 45.4 Å². The Morgan fingerprint density at radius 1 is 1.12 bits per heavy atom. The van der Waals surface area contributed by atoms with Crippen molar-refractivity contribution in [3.05, 3.63) is 0 Å². The Hall–Kier alpha value is -0.570. The number of nitrogens with two attached hydrogens (primary N) is 1. The molecule has 0 aromatic carbocycles. The molecule has 92 valence electrons. The van der Waals surface area contributed by atoms with Crippen LogP contribution in [-0.2, 0) is 4.79 Å². The van der Waals surface area contributed by atoms with Crippen molar-refractivity contribution < 1.29 is 4.79 Å². The smallest absolute Gasteiger partial charge is 0.227 e. The van der Waals surface area contributed by atoms with Gasteiger partial charge in [0.1, 0.15) is 0 Å². The molecule has 0 unspecified atom stereocenters. The molecule has 0 radical (unpaired) electrons. The molecule has 1 saturated carbocycles. The van der Waals surface area contributed by atoms with E-state index in [1.807, 2.05) is 0 Å². The number of carbonyl (C=O) groups is 1. The van der Waals surface area contributed by atoms with Gasteiger partial charge < -0.3 is 10.6 Å². The van der Waals surface area contributed by atoms with Crippen LogP contribution in [0.25, 0.3) is 0 Å². The van der Waals surface area contributed by atoms with Crippen LogP contribution in [0.5, 0.6) is 0 Å². The summed E-state index contributed by atoms with van der Waals surface area (Å²) in [6.07, 6.45) is 6.73. The zero-order valence-electron chi connectivity index (χ0n) is 10.3. The average molecular weight is 224 g/mol. The highest BCUT2D eigenvalue weighted by Crippen LogP contribution is 2.26. The van der Waals surface area contributed by atoms with E-state index in [2.05, 4.69) is 11.8 Å². The predicted molar refractivity (Wildman–Crippen MR) is 64.9 cm³/mol. The number of rotatable bonds is 1. The summed E-state index contributed by atoms with van der Waals surface area (Å²) in [5, 5.41) is 0. The molecule has 2 atom stereocenters. The summed E-state index contributed by atoms with van der Waals surface area (Å²) in [5.41, 5.74) is 6.07. The first kappa shape index (κ1) is 11.9. The highest BCUT2D eigenvalue weighted by atomic mass is 16.2. The van der Waals surface area contributed by atoms with Crippen molar-refractivity contribution in [2.75, 3.05) is 13.1 Å². The van der Waals surface area contributed by atoms with Gasteiger partial charge in [-0.1, -0.05) is 19.8 Å². The summed E-state index contributed by atoms with van der Waals surface area (Å²) in [6.45, 7) is 4.17. The second kappa shape index (κ2) is 5.17. The van der Waals surface area contributed by atoms with Crippen molar-refractivity contribution in [2.24, 2.45) is 17.6 Å². The fourth-order valence-corrected chi connectivity index (χ4v) is 2.93. The molecule has 0 spiro atoms. The molecule has 1 amide bonds. The van der Waals surface area contributed by atoms with Crippen molar-refractivity contribution in [1.82, 2.24) is 4.90 Å². The van der Waals surface area contributed by atoms with Crippen LogP contribution >= 0.6 is 0 Å². The minimum atomic E-state index is 0.112. The quantitative estimate of drug-likeness (QED) is 0.737. The van der Waals surface area contributed by atoms with Gasteiger partial charge in [0.15, 0.2) is 0 Å². The van der Waals surface area contributed by atoms with Gasteiger partial charge in [0.05, 0.1) is 5.92 Å². The third-order valence-electron chi connectivity index (χ3n) is 4.23. The van der Waals surface area contributed by atoms with Gasteiger partial charge in [-0.25, -0.2) is 0 Å². The SMILES string of the molecule is CC1CCN(C(=O)[C@@H]2CCCC[C@@H]2N)CC1. The lowest BCUT2D eigenvalue weighted by atomic mass is 9.83. The lowest BCUT2D eigenvalue weighted by molar-refractivity contribution is -0.138. The first-order chi connectivity index (χ1) is 7.68. The number of carbonyl (C=O) groups excluding carboxylic acids is 1. The highest BCUT2D eigenvalue weighted by molar-refractivity contribution is 5.79. The van der Waals surface area contributed by atoms with E-state index in [0.717, 1.165) is 44.7 Å². The molecule has 0 aromatic heterocycles. The molecular weight excluding hydrogens is 200 g/mol. The number of likely N-dealkylation sites (tertiary alicyclic amines) is 1. The van der Waals surface area contributed by atoms with Gasteiger partial charge in [-0.05, 0) is 31.6 Å². The molecule has 16 heavy (non-hydrogen) atoms. The number of hydrogen-bond donors (Lipinski definition) is 1. The second-order valence-corrected chi connectivity index (χ2v) is 5.56. The van der Waals surface area contributed by atoms with Gasteiger partial charge in [0.25, 0.3) is 0 Å². The fourth-order valence-electron chi connectivity index (χ4n) is 2.93. The third kappa shape index (κ3) is 2.57. The van der Waals surface area contributed by atoms with Crippen LogP contribution in [0.3, 0.4) is 0 Å². The van der Waals surface area contributed by atoms with Crippen LogP contribution in [0, 0.1) is 11.8 Å². The molecule has 1 aliphatic carbocycles. The number of amides is 1. The molecule has 3 nitrogen and oxygen atoms in total. The number of nitrogens with zero attached hydrogens (tertiary/aromatic N) is 1. The summed E-state index contributed by atoms with van der Waals surface area (Å²) in [5.74, 6) is 1.23. The maximum absolute atomic E-state index is 12.3. The van der Waals surface area contributed by atoms with Crippen molar-refractivity contribution in [3.8, 4) is 0 Å². The van der Waals surface area contributed by atoms with Crippen LogP contribution < -0.4 is 5.73 Å². The molecule has 1 heterocycles. The molecule has 1 aliphatic heterocycles. The minimum Gasteiger partial charge on any atom is -0.342 e. The Kier molecular flexibility index (Phi) is 3.85. The maximum atomic E-state index is 12.3. The van der Waals surface area contributed by atoms with E-state index in [1.54, 1.807) is 0 Å². The number of hydrogen-bond acceptors (Lipinski definition) is 2. The predicted octanol–water partition coefficient (Wildman–Crippen LogP) is 1.76. The minimum absolute atomic E-state index is 0.112. The molecular formula is C13H24N2O. The van der Waals surface area contributed by atoms with Gasteiger partial charge in [-0.2, -0.15) is 0 Å². The van der Waals surface area contributed by atoms with E-state index in [1.165, 1.54) is 12.8 Å². The van der Waals surface area contributed by atoms with E-state index in [9.17, 15) is 4.79 Å². The third-order valence-corrected chi connectivity index (χ3v) is 4.23. The molecule has 1 saturated heterocycles. The van der Waals surface area contributed by atoms with Crippen molar-refractivity contribution in [3.63, 3.8) is 0 Å². The lowest BCUT2D eigenvalue weighted by Gasteiger charge is -2.36. The highest BCUT2D eigenvalue weighted by Gasteiger charge is 2.32. The molecule has 0 aromatic rings. The van der Waals surface area contributed by atoms with Crippen LogP contribution in [0.15, 0.2) is 0 Å². The summed E-state index contributed by atoms with van der Waals surface area (Å²) < 4.78 is 0. The first-order valence-corrected chi connectivity index (χ1v) is 6.73. The summed E-state index contributed by atoms with van der Waals surface area (Å²) >= 11 is 0. The Bertz CT molecular complexity index is 246. The summed E-state index contributed by atoms with van der Waals surface area (Å²) in [6, 6.07) is 0.112. The van der Waals surface area contributed by atoms with Gasteiger partial charge in [0, 0.05) is 19.1 Å². The standard InChI is InChI=1S/C13H24N2O/c1-10-6-8-15(9-7-10)13(16)11-4-2-3-5-12(11)14/h10-12H,2-9,14H2,1H3/t11-,12+/m1/s1. The normalized spacial score (nSPS) is 32.8. The van der Waals surface area contributed by atoms with Crippen molar-refractivity contribution >= 4 is 5.91 Å². The Labute approximate surface area is 98.4 Å². The molecule has 2 aliphatic rings. The number of piperidine rings is 1. The first-order valence-electron chi connectivity index (χ1n) is 6.73. The van der Waals surface area contributed by atoms with Crippen molar-refractivity contribution in [1.29, 1.82) is 0 Å². The summed E-state index contributed by atoms with van der Waals surface area (Å²) in [4.78, 5) is 14.4. The van der Waals surface area contributed by atoms with Gasteiger partial charge in [0.2, 0.25) is 5.91 Å². The maximum Gasteiger partial charge on any atom is 0.227 e. The molecule has 2 fully saturated rings. The average Bonchev–Trinajstić information content (AvgIpc) is 2.30. The monoisotopic (exact) mass is 224 g/mol. The molecule has 0 bridgehead atoms. The van der Waals surface area contributed by atoms with E-state index >= 15 is 0 Å². The van der Waals surface area contributed by atoms with Crippen LogP contribution in [0.4, 0.5) is 0 Å². The van der Waals surface area contributed by atoms with E-state index in [0.29, 0.717) is 5.91 Å². The van der Waals surface area contributed by atoms with Crippen LogP contribution in [0.2, 0.25) is 0 Å².